The maximum Gasteiger partial charge on any atom is 0.246 e. The highest BCUT2D eigenvalue weighted by Gasteiger charge is 2.23. The van der Waals surface area contributed by atoms with E-state index >= 15 is 0 Å². The number of carbonyl (C=O) groups is 1. The van der Waals surface area contributed by atoms with E-state index in [9.17, 15) is 4.79 Å². The van der Waals surface area contributed by atoms with E-state index in [0.717, 1.165) is 35.7 Å². The highest BCUT2D eigenvalue weighted by Crippen LogP contribution is 2.29. The van der Waals surface area contributed by atoms with Gasteiger partial charge in [0.2, 0.25) is 17.6 Å². The van der Waals surface area contributed by atoms with Gasteiger partial charge in [-0.15, -0.1) is 0 Å². The minimum atomic E-state index is 0.156. The molecule has 1 aliphatic rings. The Morgan fingerprint density at radius 1 is 1.19 bits per heavy atom. The molecule has 1 saturated heterocycles. The number of rotatable bonds is 6. The zero-order chi connectivity index (χ0) is 18.6. The number of aromatic nitrogens is 2. The fraction of sp³-hybridized carbons (Fsp3) is 0.250. The first-order chi connectivity index (χ1) is 13.2. The summed E-state index contributed by atoms with van der Waals surface area (Å²) in [4.78, 5) is 18.3. The van der Waals surface area contributed by atoms with E-state index in [-0.39, 0.29) is 5.91 Å². The van der Waals surface area contributed by atoms with Crippen molar-refractivity contribution in [1.29, 1.82) is 0 Å². The Hall–Kier alpha value is -3.35. The average Bonchev–Trinajstić information content (AvgIpc) is 3.36. The molecule has 4 rings (SSSR count). The van der Waals surface area contributed by atoms with Crippen LogP contribution in [0.4, 0.5) is 11.4 Å². The fourth-order valence-corrected chi connectivity index (χ4v) is 3.12. The second kappa shape index (κ2) is 7.49. The Kier molecular flexibility index (Phi) is 4.74. The van der Waals surface area contributed by atoms with Crippen molar-refractivity contribution in [3.05, 3.63) is 54.4 Å². The van der Waals surface area contributed by atoms with Crippen molar-refractivity contribution < 1.29 is 14.1 Å². The van der Waals surface area contributed by atoms with E-state index in [4.69, 9.17) is 9.26 Å². The van der Waals surface area contributed by atoms with Crippen molar-refractivity contribution >= 4 is 17.3 Å². The number of nitrogens with one attached hydrogen (secondary N) is 1. The maximum absolute atomic E-state index is 12.1. The smallest absolute Gasteiger partial charge is 0.246 e. The van der Waals surface area contributed by atoms with E-state index in [2.05, 4.69) is 15.5 Å². The summed E-state index contributed by atoms with van der Waals surface area (Å²) in [5.74, 6) is 1.93. The molecule has 1 aliphatic heterocycles. The fourth-order valence-electron chi connectivity index (χ4n) is 3.12. The number of anilines is 2. The molecule has 0 atom stereocenters. The average molecular weight is 364 g/mol. The molecule has 1 aromatic heterocycles. The van der Waals surface area contributed by atoms with E-state index in [1.165, 1.54) is 0 Å². The molecule has 0 unspecified atom stereocenters. The van der Waals surface area contributed by atoms with Crippen LogP contribution >= 0.6 is 0 Å². The molecule has 3 aromatic rings. The molecule has 7 heteroatoms. The van der Waals surface area contributed by atoms with Crippen LogP contribution in [-0.4, -0.2) is 29.7 Å². The van der Waals surface area contributed by atoms with E-state index in [0.29, 0.717) is 24.7 Å². The number of hydrogen-bond acceptors (Lipinski definition) is 6. The monoisotopic (exact) mass is 364 g/mol. The molecule has 27 heavy (non-hydrogen) atoms. The minimum absolute atomic E-state index is 0.156. The zero-order valence-corrected chi connectivity index (χ0v) is 15.0. The number of hydrogen-bond donors (Lipinski definition) is 1. The highest BCUT2D eigenvalue weighted by atomic mass is 16.5. The Bertz CT molecular complexity index is 936. The molecule has 0 saturated carbocycles. The standard InChI is InChI=1S/C20H20N4O3/c1-26-15-10-8-14(9-11-15)20-22-18(27-23-20)13-21-16-5-2-3-6-17(16)24-12-4-7-19(24)25/h2-3,5-6,8-11,21H,4,7,12-13H2,1H3. The van der Waals surface area contributed by atoms with Gasteiger partial charge in [-0.2, -0.15) is 4.98 Å². The molecule has 0 radical (unpaired) electrons. The highest BCUT2D eigenvalue weighted by molar-refractivity contribution is 5.98. The van der Waals surface area contributed by atoms with Crippen LogP contribution in [0.5, 0.6) is 5.75 Å². The predicted molar refractivity (Wildman–Crippen MR) is 102 cm³/mol. The van der Waals surface area contributed by atoms with Gasteiger partial charge >= 0.3 is 0 Å². The lowest BCUT2D eigenvalue weighted by molar-refractivity contribution is -0.117. The Labute approximate surface area is 156 Å². The molecular formula is C20H20N4O3. The van der Waals surface area contributed by atoms with Crippen LogP contribution in [0.2, 0.25) is 0 Å². The second-order valence-electron chi connectivity index (χ2n) is 6.26. The third-order valence-corrected chi connectivity index (χ3v) is 4.51. The Morgan fingerprint density at radius 3 is 2.74 bits per heavy atom. The van der Waals surface area contributed by atoms with Crippen LogP contribution in [0.3, 0.4) is 0 Å². The first kappa shape index (κ1) is 17.1. The van der Waals surface area contributed by atoms with Crippen LogP contribution in [0.1, 0.15) is 18.7 Å². The van der Waals surface area contributed by atoms with Gasteiger partial charge in [0.15, 0.2) is 0 Å². The molecule has 0 aliphatic carbocycles. The van der Waals surface area contributed by atoms with Gasteiger partial charge < -0.3 is 19.5 Å². The van der Waals surface area contributed by atoms with Gasteiger partial charge in [-0.05, 0) is 42.8 Å². The predicted octanol–water partition coefficient (Wildman–Crippen LogP) is 3.48. The van der Waals surface area contributed by atoms with Gasteiger partial charge in [0.1, 0.15) is 5.75 Å². The number of para-hydroxylation sites is 2. The molecule has 0 bridgehead atoms. The molecule has 1 N–H and O–H groups in total. The van der Waals surface area contributed by atoms with Crippen molar-refractivity contribution in [2.75, 3.05) is 23.9 Å². The number of nitrogens with zero attached hydrogens (tertiary/aromatic N) is 3. The van der Waals surface area contributed by atoms with Gasteiger partial charge in [0.05, 0.1) is 25.0 Å². The van der Waals surface area contributed by atoms with Crippen LogP contribution in [-0.2, 0) is 11.3 Å². The molecule has 7 nitrogen and oxygen atoms in total. The van der Waals surface area contributed by atoms with Crippen molar-refractivity contribution in [3.63, 3.8) is 0 Å². The Balaban J connectivity index is 1.47. The van der Waals surface area contributed by atoms with Crippen LogP contribution in [0, 0.1) is 0 Å². The summed E-state index contributed by atoms with van der Waals surface area (Å²) in [5.41, 5.74) is 2.61. The number of methoxy groups -OCH3 is 1. The van der Waals surface area contributed by atoms with Crippen LogP contribution in [0.25, 0.3) is 11.4 Å². The Morgan fingerprint density at radius 2 is 2.00 bits per heavy atom. The number of ether oxygens (including phenoxy) is 1. The van der Waals surface area contributed by atoms with E-state index < -0.39 is 0 Å². The molecule has 2 heterocycles. The summed E-state index contributed by atoms with van der Waals surface area (Å²) >= 11 is 0. The molecule has 2 aromatic carbocycles. The van der Waals surface area contributed by atoms with Crippen LogP contribution in [0.15, 0.2) is 53.1 Å². The van der Waals surface area contributed by atoms with Gasteiger partial charge in [-0.3, -0.25) is 4.79 Å². The number of benzene rings is 2. The molecular weight excluding hydrogens is 344 g/mol. The minimum Gasteiger partial charge on any atom is -0.497 e. The summed E-state index contributed by atoms with van der Waals surface area (Å²) in [6, 6.07) is 15.2. The van der Waals surface area contributed by atoms with Crippen molar-refractivity contribution in [1.82, 2.24) is 10.1 Å². The summed E-state index contributed by atoms with van der Waals surface area (Å²) in [6.45, 7) is 1.13. The van der Waals surface area contributed by atoms with Gasteiger partial charge in [-0.1, -0.05) is 17.3 Å². The van der Waals surface area contributed by atoms with Crippen molar-refractivity contribution in [2.24, 2.45) is 0 Å². The summed E-state index contributed by atoms with van der Waals surface area (Å²) in [7, 11) is 1.63. The second-order valence-corrected chi connectivity index (χ2v) is 6.26. The normalized spacial score (nSPS) is 13.8. The molecule has 138 valence electrons. The lowest BCUT2D eigenvalue weighted by atomic mass is 10.2. The largest absolute Gasteiger partial charge is 0.497 e. The SMILES string of the molecule is COc1ccc(-c2noc(CNc3ccccc3N3CCCC3=O)n2)cc1. The summed E-state index contributed by atoms with van der Waals surface area (Å²) < 4.78 is 10.5. The first-order valence-corrected chi connectivity index (χ1v) is 8.85. The van der Waals surface area contributed by atoms with Gasteiger partial charge in [0.25, 0.3) is 0 Å². The van der Waals surface area contributed by atoms with Crippen LogP contribution < -0.4 is 15.0 Å². The summed E-state index contributed by atoms with van der Waals surface area (Å²) in [5, 5.41) is 7.33. The number of carbonyl (C=O) groups excluding carboxylic acids is 1. The van der Waals surface area contributed by atoms with E-state index in [1.54, 1.807) is 7.11 Å². The number of amides is 1. The quantitative estimate of drug-likeness (QED) is 0.721. The molecule has 1 amide bonds. The van der Waals surface area contributed by atoms with Crippen molar-refractivity contribution in [2.45, 2.75) is 19.4 Å². The lowest BCUT2D eigenvalue weighted by Gasteiger charge is -2.19. The van der Waals surface area contributed by atoms with Gasteiger partial charge in [0, 0.05) is 18.5 Å². The van der Waals surface area contributed by atoms with E-state index in [1.807, 2.05) is 53.4 Å². The third kappa shape index (κ3) is 3.62. The first-order valence-electron chi connectivity index (χ1n) is 8.85. The third-order valence-electron chi connectivity index (χ3n) is 4.51. The summed E-state index contributed by atoms with van der Waals surface area (Å²) in [6.07, 6.45) is 1.49. The van der Waals surface area contributed by atoms with Crippen molar-refractivity contribution in [3.8, 4) is 17.1 Å². The zero-order valence-electron chi connectivity index (χ0n) is 15.0. The topological polar surface area (TPSA) is 80.5 Å². The van der Waals surface area contributed by atoms with Gasteiger partial charge in [-0.25, -0.2) is 0 Å². The molecule has 1 fully saturated rings. The lowest BCUT2D eigenvalue weighted by Crippen LogP contribution is -2.24. The molecule has 0 spiro atoms. The maximum atomic E-state index is 12.1.